The first kappa shape index (κ1) is 12.9. The number of carbonyl (C=O) groups excluding carboxylic acids is 1. The van der Waals surface area contributed by atoms with Crippen molar-refractivity contribution in [1.82, 2.24) is 14.5 Å². The smallest absolute Gasteiger partial charge is 0.254 e. The molecule has 19 heavy (non-hydrogen) atoms. The Morgan fingerprint density at radius 1 is 1.32 bits per heavy atom. The molecule has 1 heterocycles. The van der Waals surface area contributed by atoms with Crippen LogP contribution in [0, 0.1) is 0 Å². The van der Waals surface area contributed by atoms with Crippen LogP contribution in [0.1, 0.15) is 16.2 Å². The van der Waals surface area contributed by atoms with Crippen molar-refractivity contribution in [2.75, 3.05) is 18.5 Å². The van der Waals surface area contributed by atoms with Gasteiger partial charge in [0.25, 0.3) is 5.91 Å². The van der Waals surface area contributed by atoms with E-state index < -0.39 is 0 Å². The number of nitrogens with zero attached hydrogens (tertiary/aromatic N) is 3. The summed E-state index contributed by atoms with van der Waals surface area (Å²) in [7, 11) is 3.61. The molecule has 1 aromatic heterocycles. The minimum Gasteiger partial charge on any atom is -0.399 e. The number of nitrogen functional groups attached to an aromatic ring is 2. The zero-order valence-electron chi connectivity index (χ0n) is 11.0. The molecule has 6 heteroatoms. The van der Waals surface area contributed by atoms with Gasteiger partial charge in [-0.05, 0) is 18.2 Å². The summed E-state index contributed by atoms with van der Waals surface area (Å²) in [6, 6.07) is 4.86. The van der Waals surface area contributed by atoms with E-state index in [9.17, 15) is 4.79 Å². The summed E-state index contributed by atoms with van der Waals surface area (Å²) in [5, 5.41) is 0. The largest absolute Gasteiger partial charge is 0.399 e. The molecule has 2 rings (SSSR count). The van der Waals surface area contributed by atoms with E-state index in [0.717, 1.165) is 5.82 Å². The predicted molar refractivity (Wildman–Crippen MR) is 74.3 cm³/mol. The van der Waals surface area contributed by atoms with Crippen LogP contribution in [-0.4, -0.2) is 27.4 Å². The zero-order chi connectivity index (χ0) is 14.0. The Bertz CT molecular complexity index is 585. The van der Waals surface area contributed by atoms with Gasteiger partial charge in [-0.3, -0.25) is 4.79 Å². The maximum atomic E-state index is 12.3. The minimum atomic E-state index is -0.137. The van der Waals surface area contributed by atoms with Crippen molar-refractivity contribution in [3.8, 4) is 0 Å². The number of benzene rings is 1. The van der Waals surface area contributed by atoms with Crippen LogP contribution in [0.2, 0.25) is 0 Å². The number of aryl methyl sites for hydroxylation is 1. The van der Waals surface area contributed by atoms with Gasteiger partial charge in [0.2, 0.25) is 0 Å². The van der Waals surface area contributed by atoms with E-state index in [1.807, 2.05) is 17.8 Å². The number of rotatable bonds is 3. The van der Waals surface area contributed by atoms with Crippen molar-refractivity contribution < 1.29 is 4.79 Å². The van der Waals surface area contributed by atoms with Gasteiger partial charge < -0.3 is 20.9 Å². The van der Waals surface area contributed by atoms with Crippen LogP contribution >= 0.6 is 0 Å². The van der Waals surface area contributed by atoms with E-state index >= 15 is 0 Å². The van der Waals surface area contributed by atoms with Crippen molar-refractivity contribution in [2.45, 2.75) is 6.54 Å². The molecule has 0 radical (unpaired) electrons. The standard InChI is InChI=1S/C13H17N5O/c1-17-4-3-16-12(17)8-18(2)13(19)9-5-10(14)7-11(15)6-9/h3-7H,8,14-15H2,1-2H3. The molecule has 0 fully saturated rings. The lowest BCUT2D eigenvalue weighted by Crippen LogP contribution is -2.27. The number of aromatic nitrogens is 2. The predicted octanol–water partition coefficient (Wildman–Crippen LogP) is 0.857. The topological polar surface area (TPSA) is 90.2 Å². The van der Waals surface area contributed by atoms with Crippen LogP contribution < -0.4 is 11.5 Å². The fourth-order valence-corrected chi connectivity index (χ4v) is 1.85. The molecule has 2 aromatic rings. The molecule has 0 aliphatic rings. The highest BCUT2D eigenvalue weighted by Crippen LogP contribution is 2.15. The summed E-state index contributed by atoms with van der Waals surface area (Å²) < 4.78 is 1.87. The fourth-order valence-electron chi connectivity index (χ4n) is 1.85. The normalized spacial score (nSPS) is 10.4. The molecule has 0 aliphatic carbocycles. The van der Waals surface area contributed by atoms with Crippen LogP contribution in [0.3, 0.4) is 0 Å². The van der Waals surface area contributed by atoms with Crippen molar-refractivity contribution >= 4 is 17.3 Å². The average Bonchev–Trinajstić information content (AvgIpc) is 2.72. The van der Waals surface area contributed by atoms with Crippen molar-refractivity contribution in [2.24, 2.45) is 7.05 Å². The molecular weight excluding hydrogens is 242 g/mol. The van der Waals surface area contributed by atoms with E-state index in [-0.39, 0.29) is 5.91 Å². The lowest BCUT2D eigenvalue weighted by molar-refractivity contribution is 0.0780. The Kier molecular flexibility index (Phi) is 3.41. The minimum absolute atomic E-state index is 0.137. The first-order valence-electron chi connectivity index (χ1n) is 5.85. The molecule has 0 unspecified atom stereocenters. The molecule has 1 aromatic carbocycles. The van der Waals surface area contributed by atoms with Crippen molar-refractivity contribution in [1.29, 1.82) is 0 Å². The second-order valence-electron chi connectivity index (χ2n) is 4.50. The second-order valence-corrected chi connectivity index (χ2v) is 4.50. The Hall–Kier alpha value is -2.50. The number of amides is 1. The average molecular weight is 259 g/mol. The SMILES string of the molecule is CN(Cc1nccn1C)C(=O)c1cc(N)cc(N)c1. The number of hydrogen-bond donors (Lipinski definition) is 2. The first-order chi connectivity index (χ1) is 8.97. The molecule has 0 spiro atoms. The molecular formula is C13H17N5O. The molecule has 0 saturated carbocycles. The first-order valence-corrected chi connectivity index (χ1v) is 5.85. The maximum absolute atomic E-state index is 12.3. The molecule has 0 aliphatic heterocycles. The number of anilines is 2. The Balaban J connectivity index is 2.17. The van der Waals surface area contributed by atoms with E-state index in [2.05, 4.69) is 4.98 Å². The monoisotopic (exact) mass is 259 g/mol. The Labute approximate surface area is 111 Å². The summed E-state index contributed by atoms with van der Waals surface area (Å²) in [6.45, 7) is 0.428. The van der Waals surface area contributed by atoms with E-state index in [0.29, 0.717) is 23.5 Å². The van der Waals surface area contributed by atoms with Crippen molar-refractivity contribution in [3.05, 3.63) is 42.0 Å². The van der Waals surface area contributed by atoms with Gasteiger partial charge in [-0.25, -0.2) is 4.98 Å². The molecule has 100 valence electrons. The molecule has 0 saturated heterocycles. The second kappa shape index (κ2) is 5.01. The fraction of sp³-hybridized carbons (Fsp3) is 0.231. The lowest BCUT2D eigenvalue weighted by atomic mass is 10.1. The van der Waals surface area contributed by atoms with Crippen LogP contribution in [0.4, 0.5) is 11.4 Å². The number of hydrogen-bond acceptors (Lipinski definition) is 4. The van der Waals surface area contributed by atoms with Gasteiger partial charge in [0.05, 0.1) is 6.54 Å². The molecule has 6 nitrogen and oxygen atoms in total. The van der Waals surface area contributed by atoms with E-state index in [1.165, 1.54) is 0 Å². The molecule has 1 amide bonds. The zero-order valence-corrected chi connectivity index (χ0v) is 11.0. The van der Waals surface area contributed by atoms with Gasteiger partial charge in [0.1, 0.15) is 5.82 Å². The maximum Gasteiger partial charge on any atom is 0.254 e. The third-order valence-corrected chi connectivity index (χ3v) is 2.87. The van der Waals surface area contributed by atoms with Gasteiger partial charge in [-0.15, -0.1) is 0 Å². The van der Waals surface area contributed by atoms with Crippen molar-refractivity contribution in [3.63, 3.8) is 0 Å². The van der Waals surface area contributed by atoms with Crippen LogP contribution in [0.25, 0.3) is 0 Å². The summed E-state index contributed by atoms with van der Waals surface area (Å²) >= 11 is 0. The Morgan fingerprint density at radius 3 is 2.47 bits per heavy atom. The van der Waals surface area contributed by atoms with Gasteiger partial charge in [0.15, 0.2) is 0 Å². The van der Waals surface area contributed by atoms with Gasteiger partial charge in [-0.1, -0.05) is 0 Å². The van der Waals surface area contributed by atoms with Gasteiger partial charge >= 0.3 is 0 Å². The van der Waals surface area contributed by atoms with Crippen LogP contribution in [0.15, 0.2) is 30.6 Å². The van der Waals surface area contributed by atoms with Gasteiger partial charge in [0, 0.05) is 43.4 Å². The van der Waals surface area contributed by atoms with E-state index in [4.69, 9.17) is 11.5 Å². The van der Waals surface area contributed by atoms with Crippen LogP contribution in [-0.2, 0) is 13.6 Å². The summed E-state index contributed by atoms with van der Waals surface area (Å²) in [6.07, 6.45) is 3.54. The molecule has 0 atom stereocenters. The number of imidazole rings is 1. The third kappa shape index (κ3) is 2.85. The molecule has 0 bridgehead atoms. The van der Waals surface area contributed by atoms with E-state index in [1.54, 1.807) is 36.3 Å². The molecule has 4 N–H and O–H groups in total. The highest BCUT2D eigenvalue weighted by Gasteiger charge is 2.14. The van der Waals surface area contributed by atoms with Crippen LogP contribution in [0.5, 0.6) is 0 Å². The highest BCUT2D eigenvalue weighted by atomic mass is 16.2. The summed E-state index contributed by atoms with van der Waals surface area (Å²) in [4.78, 5) is 18.0. The Morgan fingerprint density at radius 2 is 1.95 bits per heavy atom. The summed E-state index contributed by atoms with van der Waals surface area (Å²) in [5.41, 5.74) is 12.8. The van der Waals surface area contributed by atoms with Gasteiger partial charge in [-0.2, -0.15) is 0 Å². The summed E-state index contributed by atoms with van der Waals surface area (Å²) in [5.74, 6) is 0.676. The number of nitrogens with two attached hydrogens (primary N) is 2. The third-order valence-electron chi connectivity index (χ3n) is 2.87. The lowest BCUT2D eigenvalue weighted by Gasteiger charge is -2.17. The number of carbonyl (C=O) groups is 1. The highest BCUT2D eigenvalue weighted by molar-refractivity contribution is 5.95. The quantitative estimate of drug-likeness (QED) is 0.800.